The van der Waals surface area contributed by atoms with Crippen LogP contribution in [0.3, 0.4) is 0 Å². The van der Waals surface area contributed by atoms with Gasteiger partial charge in [-0.1, -0.05) is 36.9 Å². The average molecular weight is 300 g/mol. The molecular weight excluding hydrogens is 285 g/mol. The highest BCUT2D eigenvalue weighted by Crippen LogP contribution is 2.55. The van der Waals surface area contributed by atoms with E-state index in [4.69, 9.17) is 14.5 Å². The Morgan fingerprint density at radius 2 is 1.76 bits per heavy atom. The second kappa shape index (κ2) is 4.83. The van der Waals surface area contributed by atoms with E-state index in [-0.39, 0.29) is 5.56 Å². The Morgan fingerprint density at radius 3 is 2.38 bits per heavy atom. The minimum absolute atomic E-state index is 0.146. The molecule has 1 aromatic rings. The molecule has 21 heavy (non-hydrogen) atoms. The molecule has 1 aliphatic carbocycles. The van der Waals surface area contributed by atoms with Crippen molar-refractivity contribution in [2.24, 2.45) is 0 Å². The molecule has 2 fully saturated rings. The molecule has 0 bridgehead atoms. The molecule has 3 rings (SSSR count). The molecule has 2 atom stereocenters. The Balaban J connectivity index is 2.03. The van der Waals surface area contributed by atoms with E-state index in [9.17, 15) is 13.2 Å². The van der Waals surface area contributed by atoms with Crippen molar-refractivity contribution in [3.8, 4) is 0 Å². The van der Waals surface area contributed by atoms with Crippen molar-refractivity contribution in [1.82, 2.24) is 0 Å². The Bertz CT molecular complexity index is 543. The zero-order valence-electron chi connectivity index (χ0n) is 11.3. The zero-order valence-corrected chi connectivity index (χ0v) is 11.3. The maximum atomic E-state index is 13.6. The van der Waals surface area contributed by atoms with Crippen molar-refractivity contribution in [3.63, 3.8) is 0 Å². The summed E-state index contributed by atoms with van der Waals surface area (Å²) in [4.78, 5) is 9.80. The van der Waals surface area contributed by atoms with Gasteiger partial charge in [0.1, 0.15) is 0 Å². The summed E-state index contributed by atoms with van der Waals surface area (Å²) in [6, 6.07) is 7.23. The predicted molar refractivity (Wildman–Crippen MR) is 67.8 cm³/mol. The van der Waals surface area contributed by atoms with E-state index in [1.165, 1.54) is 24.3 Å². The first-order chi connectivity index (χ1) is 9.90. The molecule has 1 heterocycles. The van der Waals surface area contributed by atoms with Crippen LogP contribution in [0, 0.1) is 0 Å². The summed E-state index contributed by atoms with van der Waals surface area (Å²) in [5, 5.41) is 0. The topological polar surface area (TPSA) is 27.7 Å². The third-order valence-corrected chi connectivity index (χ3v) is 3.90. The van der Waals surface area contributed by atoms with E-state index < -0.39 is 17.8 Å². The highest BCUT2D eigenvalue weighted by molar-refractivity contribution is 5.24. The molecule has 2 aliphatic rings. The van der Waals surface area contributed by atoms with Crippen molar-refractivity contribution in [2.45, 2.75) is 43.4 Å². The summed E-state index contributed by atoms with van der Waals surface area (Å²) in [5.74, 6) is -4.42. The Kier molecular flexibility index (Phi) is 3.35. The maximum absolute atomic E-state index is 13.6. The van der Waals surface area contributed by atoms with Gasteiger partial charge < -0.3 is 0 Å². The summed E-state index contributed by atoms with van der Waals surface area (Å²) in [7, 11) is 0. The molecule has 114 valence electrons. The van der Waals surface area contributed by atoms with Gasteiger partial charge in [0.25, 0.3) is 0 Å². The highest BCUT2D eigenvalue weighted by Gasteiger charge is 2.69. The van der Waals surface area contributed by atoms with Crippen molar-refractivity contribution in [1.29, 1.82) is 0 Å². The fourth-order valence-corrected chi connectivity index (χ4v) is 2.71. The van der Waals surface area contributed by atoms with Crippen LogP contribution in [0.1, 0.15) is 31.2 Å². The van der Waals surface area contributed by atoms with E-state index in [1.54, 1.807) is 6.07 Å². The summed E-state index contributed by atoms with van der Waals surface area (Å²) in [6.07, 6.45) is -2.35. The number of hydrogen-bond donors (Lipinski definition) is 0. The third kappa shape index (κ3) is 2.18. The SMILES string of the molecule is C=C1CCCCC12OOC(c1ccccc1)(C(F)(F)F)O2. The lowest BCUT2D eigenvalue weighted by Gasteiger charge is -2.34. The normalized spacial score (nSPS) is 33.6. The largest absolute Gasteiger partial charge is 0.451 e. The van der Waals surface area contributed by atoms with E-state index in [1.807, 2.05) is 0 Å². The molecule has 0 amide bonds. The van der Waals surface area contributed by atoms with E-state index in [2.05, 4.69) is 6.58 Å². The first-order valence-corrected chi connectivity index (χ1v) is 6.77. The van der Waals surface area contributed by atoms with E-state index >= 15 is 0 Å². The molecular formula is C15H15F3O3. The molecule has 1 aromatic carbocycles. The second-order valence-corrected chi connectivity index (χ2v) is 5.31. The van der Waals surface area contributed by atoms with Crippen molar-refractivity contribution >= 4 is 0 Å². The van der Waals surface area contributed by atoms with Crippen molar-refractivity contribution in [3.05, 3.63) is 48.0 Å². The standard InChI is InChI=1S/C15H15F3O3/c1-11-7-5-6-10-13(11)19-14(21-20-13,15(16,17)18)12-8-3-2-4-9-12/h2-4,8-9H,1,5-7,10H2. The summed E-state index contributed by atoms with van der Waals surface area (Å²) in [6.45, 7) is 3.79. The van der Waals surface area contributed by atoms with Crippen LogP contribution in [0.15, 0.2) is 42.5 Å². The molecule has 1 saturated heterocycles. The van der Waals surface area contributed by atoms with Gasteiger partial charge in [0.05, 0.1) is 0 Å². The monoisotopic (exact) mass is 300 g/mol. The summed E-state index contributed by atoms with van der Waals surface area (Å²) >= 11 is 0. The molecule has 0 N–H and O–H groups in total. The van der Waals surface area contributed by atoms with Crippen LogP contribution < -0.4 is 0 Å². The number of rotatable bonds is 1. The highest BCUT2D eigenvalue weighted by atomic mass is 19.4. The molecule has 1 saturated carbocycles. The van der Waals surface area contributed by atoms with Gasteiger partial charge >= 0.3 is 12.0 Å². The number of benzene rings is 1. The third-order valence-electron chi connectivity index (χ3n) is 3.90. The molecule has 0 aromatic heterocycles. The number of alkyl halides is 3. The summed E-state index contributed by atoms with van der Waals surface area (Å²) < 4.78 is 46.2. The zero-order chi connectivity index (χ0) is 15.1. The van der Waals surface area contributed by atoms with Crippen molar-refractivity contribution < 1.29 is 27.7 Å². The predicted octanol–water partition coefficient (Wildman–Crippen LogP) is 4.21. The minimum atomic E-state index is -4.77. The molecule has 6 heteroatoms. The molecule has 1 spiro atoms. The van der Waals surface area contributed by atoms with E-state index in [0.29, 0.717) is 24.8 Å². The molecule has 3 nitrogen and oxygen atoms in total. The molecule has 0 radical (unpaired) electrons. The average Bonchev–Trinajstić information content (AvgIpc) is 2.85. The Labute approximate surface area is 120 Å². The van der Waals surface area contributed by atoms with Crippen LogP contribution >= 0.6 is 0 Å². The van der Waals surface area contributed by atoms with Gasteiger partial charge in [-0.2, -0.15) is 22.9 Å². The van der Waals surface area contributed by atoms with Crippen LogP contribution in [0.2, 0.25) is 0 Å². The van der Waals surface area contributed by atoms with Gasteiger partial charge in [-0.05, 0) is 24.8 Å². The van der Waals surface area contributed by atoms with Gasteiger partial charge in [0, 0.05) is 12.0 Å². The van der Waals surface area contributed by atoms with Crippen LogP contribution in [0.4, 0.5) is 13.2 Å². The molecule has 1 aliphatic heterocycles. The van der Waals surface area contributed by atoms with E-state index in [0.717, 1.165) is 6.42 Å². The number of ether oxygens (including phenoxy) is 1. The lowest BCUT2D eigenvalue weighted by atomic mass is 9.89. The lowest BCUT2D eigenvalue weighted by molar-refractivity contribution is -0.420. The summed E-state index contributed by atoms with van der Waals surface area (Å²) in [5.41, 5.74) is 0.337. The smallest absolute Gasteiger partial charge is 0.297 e. The van der Waals surface area contributed by atoms with Crippen LogP contribution in [-0.4, -0.2) is 12.0 Å². The maximum Gasteiger partial charge on any atom is 0.451 e. The van der Waals surface area contributed by atoms with Crippen LogP contribution in [-0.2, 0) is 20.3 Å². The first-order valence-electron chi connectivity index (χ1n) is 6.77. The lowest BCUT2D eigenvalue weighted by Crippen LogP contribution is -2.46. The van der Waals surface area contributed by atoms with Gasteiger partial charge in [-0.3, -0.25) is 4.74 Å². The minimum Gasteiger partial charge on any atom is -0.297 e. The van der Waals surface area contributed by atoms with Crippen LogP contribution in [0.25, 0.3) is 0 Å². The number of hydrogen-bond acceptors (Lipinski definition) is 3. The van der Waals surface area contributed by atoms with Gasteiger partial charge in [-0.15, -0.1) is 0 Å². The second-order valence-electron chi connectivity index (χ2n) is 5.31. The first kappa shape index (κ1) is 14.6. The Morgan fingerprint density at radius 1 is 1.05 bits per heavy atom. The van der Waals surface area contributed by atoms with Gasteiger partial charge in [0.2, 0.25) is 5.79 Å². The Hall–Kier alpha value is -1.37. The van der Waals surface area contributed by atoms with Crippen molar-refractivity contribution in [2.75, 3.05) is 0 Å². The number of halogens is 3. The fourth-order valence-electron chi connectivity index (χ4n) is 2.71. The van der Waals surface area contributed by atoms with Gasteiger partial charge in [-0.25, -0.2) is 0 Å². The quantitative estimate of drug-likeness (QED) is 0.574. The van der Waals surface area contributed by atoms with Crippen LogP contribution in [0.5, 0.6) is 0 Å². The molecule has 2 unspecified atom stereocenters. The van der Waals surface area contributed by atoms with Gasteiger partial charge in [0.15, 0.2) is 0 Å². The fraction of sp³-hybridized carbons (Fsp3) is 0.467.